The molecule has 2 rings (SSSR count). The molecule has 1 nitrogen and oxygen atoms in total. The van der Waals surface area contributed by atoms with Crippen LogP contribution < -0.4 is 5.73 Å². The van der Waals surface area contributed by atoms with Gasteiger partial charge in [0.05, 0.1) is 6.04 Å². The molecular formula is C9H9BrFN. The predicted octanol–water partition coefficient (Wildman–Crippen LogP) is 2.34. The minimum atomic E-state index is -0.908. The fraction of sp³-hybridized carbons (Fsp3) is 0.333. The van der Waals surface area contributed by atoms with Crippen molar-refractivity contribution in [1.29, 1.82) is 0 Å². The monoisotopic (exact) mass is 229 g/mol. The van der Waals surface area contributed by atoms with Crippen LogP contribution in [0.1, 0.15) is 17.2 Å². The second-order valence-corrected chi connectivity index (χ2v) is 4.00. The average Bonchev–Trinajstić information content (AvgIpc) is 2.28. The maximum atomic E-state index is 13.1. The van der Waals surface area contributed by atoms with Crippen LogP contribution in [0.3, 0.4) is 0 Å². The SMILES string of the molecule is N[C@H]1c2ccc(Br)cc2C[C@H]1F. The molecule has 2 atom stereocenters. The number of rotatable bonds is 0. The zero-order chi connectivity index (χ0) is 8.72. The van der Waals surface area contributed by atoms with E-state index in [1.807, 2.05) is 18.2 Å². The fourth-order valence-corrected chi connectivity index (χ4v) is 2.02. The van der Waals surface area contributed by atoms with E-state index in [0.717, 1.165) is 15.6 Å². The molecule has 0 fully saturated rings. The van der Waals surface area contributed by atoms with E-state index in [2.05, 4.69) is 15.9 Å². The number of halogens is 2. The molecule has 0 heterocycles. The van der Waals surface area contributed by atoms with Crippen LogP contribution in [-0.4, -0.2) is 6.17 Å². The molecule has 0 saturated heterocycles. The minimum absolute atomic E-state index is 0.423. The normalized spacial score (nSPS) is 27.2. The summed E-state index contributed by atoms with van der Waals surface area (Å²) in [6.07, 6.45) is -0.454. The number of nitrogens with two attached hydrogens (primary N) is 1. The molecule has 0 spiro atoms. The molecule has 12 heavy (non-hydrogen) atoms. The van der Waals surface area contributed by atoms with Crippen LogP contribution in [0.2, 0.25) is 0 Å². The molecule has 64 valence electrons. The van der Waals surface area contributed by atoms with Crippen molar-refractivity contribution in [3.05, 3.63) is 33.8 Å². The molecule has 2 N–H and O–H groups in total. The van der Waals surface area contributed by atoms with Gasteiger partial charge >= 0.3 is 0 Å². The van der Waals surface area contributed by atoms with Crippen molar-refractivity contribution < 1.29 is 4.39 Å². The summed E-state index contributed by atoms with van der Waals surface area (Å²) in [5.41, 5.74) is 7.63. The Morgan fingerprint density at radius 2 is 2.25 bits per heavy atom. The molecule has 1 aromatic carbocycles. The molecule has 0 radical (unpaired) electrons. The summed E-state index contributed by atoms with van der Waals surface area (Å²) in [6, 6.07) is 5.31. The van der Waals surface area contributed by atoms with Gasteiger partial charge in [-0.15, -0.1) is 0 Å². The third-order valence-electron chi connectivity index (χ3n) is 2.27. The van der Waals surface area contributed by atoms with E-state index in [9.17, 15) is 4.39 Å². The Hall–Kier alpha value is -0.410. The van der Waals surface area contributed by atoms with Crippen molar-refractivity contribution in [3.63, 3.8) is 0 Å². The van der Waals surface area contributed by atoms with Crippen molar-refractivity contribution in [3.8, 4) is 0 Å². The van der Waals surface area contributed by atoms with E-state index >= 15 is 0 Å². The lowest BCUT2D eigenvalue weighted by atomic mass is 10.1. The lowest BCUT2D eigenvalue weighted by Crippen LogP contribution is -2.17. The predicted molar refractivity (Wildman–Crippen MR) is 49.7 cm³/mol. The van der Waals surface area contributed by atoms with Gasteiger partial charge in [0.2, 0.25) is 0 Å². The Labute approximate surface area is 78.9 Å². The molecule has 0 bridgehead atoms. The summed E-state index contributed by atoms with van der Waals surface area (Å²) >= 11 is 3.34. The maximum Gasteiger partial charge on any atom is 0.123 e. The third kappa shape index (κ3) is 1.17. The van der Waals surface area contributed by atoms with Gasteiger partial charge in [-0.25, -0.2) is 4.39 Å². The van der Waals surface area contributed by atoms with Crippen molar-refractivity contribution in [1.82, 2.24) is 0 Å². The molecule has 0 amide bonds. The standard InChI is InChI=1S/C9H9BrFN/c10-6-1-2-7-5(3-6)4-8(11)9(7)12/h1-3,8-9H,4,12H2/t8-,9+/m1/s1. The molecule has 1 aromatic rings. The fourth-order valence-electron chi connectivity index (χ4n) is 1.61. The van der Waals surface area contributed by atoms with Crippen LogP contribution in [0, 0.1) is 0 Å². The Morgan fingerprint density at radius 1 is 1.50 bits per heavy atom. The van der Waals surface area contributed by atoms with Crippen molar-refractivity contribution in [2.24, 2.45) is 5.73 Å². The summed E-state index contributed by atoms with van der Waals surface area (Å²) in [7, 11) is 0. The zero-order valence-corrected chi connectivity index (χ0v) is 8.01. The highest BCUT2D eigenvalue weighted by Crippen LogP contribution is 2.33. The van der Waals surface area contributed by atoms with Crippen molar-refractivity contribution in [2.75, 3.05) is 0 Å². The molecule has 0 aliphatic heterocycles. The Kier molecular flexibility index (Phi) is 1.93. The second kappa shape index (κ2) is 2.82. The quantitative estimate of drug-likeness (QED) is 0.727. The summed E-state index contributed by atoms with van der Waals surface area (Å²) < 4.78 is 14.1. The van der Waals surface area contributed by atoms with Crippen LogP contribution in [-0.2, 0) is 6.42 Å². The van der Waals surface area contributed by atoms with Gasteiger partial charge in [-0.1, -0.05) is 22.0 Å². The first kappa shape index (κ1) is 8.20. The Bertz CT molecular complexity index is 313. The van der Waals surface area contributed by atoms with Crippen LogP contribution in [0.25, 0.3) is 0 Å². The van der Waals surface area contributed by atoms with Gasteiger partial charge in [0, 0.05) is 10.9 Å². The lowest BCUT2D eigenvalue weighted by Gasteiger charge is -2.05. The number of fused-ring (bicyclic) bond motifs is 1. The second-order valence-electron chi connectivity index (χ2n) is 3.09. The van der Waals surface area contributed by atoms with Gasteiger partial charge in [0.15, 0.2) is 0 Å². The largest absolute Gasteiger partial charge is 0.322 e. The number of hydrogen-bond donors (Lipinski definition) is 1. The van der Waals surface area contributed by atoms with Crippen LogP contribution in [0.15, 0.2) is 22.7 Å². The smallest absolute Gasteiger partial charge is 0.123 e. The van der Waals surface area contributed by atoms with E-state index in [4.69, 9.17) is 5.73 Å². The Balaban J connectivity index is 2.47. The highest BCUT2D eigenvalue weighted by Gasteiger charge is 2.29. The summed E-state index contributed by atoms with van der Waals surface area (Å²) in [6.45, 7) is 0. The van der Waals surface area contributed by atoms with E-state index < -0.39 is 12.2 Å². The van der Waals surface area contributed by atoms with Gasteiger partial charge < -0.3 is 5.73 Å². The first-order valence-corrected chi connectivity index (χ1v) is 4.66. The minimum Gasteiger partial charge on any atom is -0.322 e. The summed E-state index contributed by atoms with van der Waals surface area (Å²) in [5, 5.41) is 0. The van der Waals surface area contributed by atoms with Crippen molar-refractivity contribution >= 4 is 15.9 Å². The molecule has 1 aliphatic carbocycles. The van der Waals surface area contributed by atoms with Gasteiger partial charge in [-0.2, -0.15) is 0 Å². The number of benzene rings is 1. The van der Waals surface area contributed by atoms with E-state index in [1.165, 1.54) is 0 Å². The number of hydrogen-bond acceptors (Lipinski definition) is 1. The Morgan fingerprint density at radius 3 is 3.00 bits per heavy atom. The molecule has 0 aromatic heterocycles. The van der Waals surface area contributed by atoms with Crippen LogP contribution >= 0.6 is 15.9 Å². The van der Waals surface area contributed by atoms with Gasteiger partial charge in [0.1, 0.15) is 6.17 Å². The summed E-state index contributed by atoms with van der Waals surface area (Å²) in [5.74, 6) is 0. The molecule has 0 unspecified atom stereocenters. The molecule has 3 heteroatoms. The maximum absolute atomic E-state index is 13.1. The highest BCUT2D eigenvalue weighted by atomic mass is 79.9. The molecule has 1 aliphatic rings. The summed E-state index contributed by atoms with van der Waals surface area (Å²) in [4.78, 5) is 0. The highest BCUT2D eigenvalue weighted by molar-refractivity contribution is 9.10. The van der Waals surface area contributed by atoms with Crippen LogP contribution in [0.4, 0.5) is 4.39 Å². The number of alkyl halides is 1. The first-order valence-electron chi connectivity index (χ1n) is 3.86. The third-order valence-corrected chi connectivity index (χ3v) is 2.76. The lowest BCUT2D eigenvalue weighted by molar-refractivity contribution is 0.303. The molecular weight excluding hydrogens is 221 g/mol. The average molecular weight is 230 g/mol. The van der Waals surface area contributed by atoms with E-state index in [-0.39, 0.29) is 0 Å². The van der Waals surface area contributed by atoms with Crippen LogP contribution in [0.5, 0.6) is 0 Å². The molecule has 0 saturated carbocycles. The van der Waals surface area contributed by atoms with Crippen molar-refractivity contribution in [2.45, 2.75) is 18.6 Å². The zero-order valence-electron chi connectivity index (χ0n) is 6.43. The van der Waals surface area contributed by atoms with Gasteiger partial charge in [-0.05, 0) is 23.3 Å². The van der Waals surface area contributed by atoms with Gasteiger partial charge in [-0.3, -0.25) is 0 Å². The topological polar surface area (TPSA) is 26.0 Å². The van der Waals surface area contributed by atoms with E-state index in [0.29, 0.717) is 6.42 Å². The van der Waals surface area contributed by atoms with Gasteiger partial charge in [0.25, 0.3) is 0 Å². The first-order chi connectivity index (χ1) is 5.68. The van der Waals surface area contributed by atoms with E-state index in [1.54, 1.807) is 0 Å².